The molecule has 0 bridgehead atoms. The van der Waals surface area contributed by atoms with Crippen molar-refractivity contribution in [3.8, 4) is 22.8 Å². The standard InChI is InChI=1S/C22H24N2O5/c1-27-20-10-5-15(12-21(20)28-2)13-23-22(26)24-14-18(25)16-6-8-17(9-7-16)19-4-3-11-29-19/h3-12,18,25H,13-14H2,1-2H3,(H2,23,24,26)/t18-/m1/s1. The van der Waals surface area contributed by atoms with Gasteiger partial charge in [-0.25, -0.2) is 4.79 Å². The van der Waals surface area contributed by atoms with E-state index in [0.29, 0.717) is 23.6 Å². The molecule has 1 aromatic heterocycles. The Morgan fingerprint density at radius 2 is 1.79 bits per heavy atom. The topological polar surface area (TPSA) is 93.0 Å². The summed E-state index contributed by atoms with van der Waals surface area (Å²) in [4.78, 5) is 12.0. The summed E-state index contributed by atoms with van der Waals surface area (Å²) in [5.74, 6) is 1.99. The average Bonchev–Trinajstić information content (AvgIpc) is 3.30. The minimum Gasteiger partial charge on any atom is -0.493 e. The van der Waals surface area contributed by atoms with Crippen LogP contribution >= 0.6 is 0 Å². The number of methoxy groups -OCH3 is 2. The molecule has 0 saturated carbocycles. The van der Waals surface area contributed by atoms with Crippen LogP contribution in [-0.2, 0) is 6.54 Å². The van der Waals surface area contributed by atoms with Crippen LogP contribution in [0.4, 0.5) is 4.79 Å². The molecule has 1 heterocycles. The van der Waals surface area contributed by atoms with Gasteiger partial charge in [0, 0.05) is 18.7 Å². The molecule has 0 unspecified atom stereocenters. The normalized spacial score (nSPS) is 11.6. The Balaban J connectivity index is 1.47. The number of benzene rings is 2. The lowest BCUT2D eigenvalue weighted by atomic mass is 10.1. The van der Waals surface area contributed by atoms with Gasteiger partial charge in [0.25, 0.3) is 0 Å². The molecule has 0 radical (unpaired) electrons. The van der Waals surface area contributed by atoms with E-state index < -0.39 is 6.10 Å². The molecule has 2 amide bonds. The minimum atomic E-state index is -0.813. The highest BCUT2D eigenvalue weighted by Gasteiger charge is 2.11. The summed E-state index contributed by atoms with van der Waals surface area (Å²) in [7, 11) is 3.13. The van der Waals surface area contributed by atoms with Gasteiger partial charge in [0.15, 0.2) is 11.5 Å². The summed E-state index contributed by atoms with van der Waals surface area (Å²) >= 11 is 0. The number of hydrogen-bond donors (Lipinski definition) is 3. The predicted octanol–water partition coefficient (Wildman–Crippen LogP) is 3.50. The molecule has 0 saturated heterocycles. The average molecular weight is 396 g/mol. The lowest BCUT2D eigenvalue weighted by Crippen LogP contribution is -2.37. The summed E-state index contributed by atoms with van der Waals surface area (Å²) < 4.78 is 15.8. The van der Waals surface area contributed by atoms with Crippen molar-refractivity contribution in [1.29, 1.82) is 0 Å². The monoisotopic (exact) mass is 396 g/mol. The highest BCUT2D eigenvalue weighted by Crippen LogP contribution is 2.27. The molecular formula is C22H24N2O5. The molecule has 7 nitrogen and oxygen atoms in total. The summed E-state index contributed by atoms with van der Waals surface area (Å²) in [6, 6.07) is 16.1. The van der Waals surface area contributed by atoms with Gasteiger partial charge in [-0.05, 0) is 35.4 Å². The van der Waals surface area contributed by atoms with Crippen LogP contribution in [-0.4, -0.2) is 31.9 Å². The number of urea groups is 1. The van der Waals surface area contributed by atoms with Gasteiger partial charge < -0.3 is 29.6 Å². The third-order valence-corrected chi connectivity index (χ3v) is 4.46. The number of carbonyl (C=O) groups is 1. The number of carbonyl (C=O) groups excluding carboxylic acids is 1. The van der Waals surface area contributed by atoms with Crippen LogP contribution in [0, 0.1) is 0 Å². The molecule has 3 N–H and O–H groups in total. The van der Waals surface area contributed by atoms with Crippen LogP contribution in [0.25, 0.3) is 11.3 Å². The smallest absolute Gasteiger partial charge is 0.315 e. The van der Waals surface area contributed by atoms with E-state index in [1.165, 1.54) is 0 Å². The van der Waals surface area contributed by atoms with Crippen LogP contribution in [0.2, 0.25) is 0 Å². The van der Waals surface area contributed by atoms with Crippen molar-refractivity contribution in [2.24, 2.45) is 0 Å². The zero-order valence-electron chi connectivity index (χ0n) is 16.3. The van der Waals surface area contributed by atoms with Gasteiger partial charge in [-0.3, -0.25) is 0 Å². The highest BCUT2D eigenvalue weighted by molar-refractivity contribution is 5.73. The SMILES string of the molecule is COc1ccc(CNC(=O)NC[C@@H](O)c2ccc(-c3ccco3)cc2)cc1OC. The van der Waals surface area contributed by atoms with Gasteiger partial charge in [0.2, 0.25) is 0 Å². The van der Waals surface area contributed by atoms with Crippen molar-refractivity contribution in [3.63, 3.8) is 0 Å². The van der Waals surface area contributed by atoms with Gasteiger partial charge in [0.1, 0.15) is 5.76 Å². The van der Waals surface area contributed by atoms with Gasteiger partial charge >= 0.3 is 6.03 Å². The first-order valence-corrected chi connectivity index (χ1v) is 9.15. The fourth-order valence-electron chi connectivity index (χ4n) is 2.86. The zero-order valence-corrected chi connectivity index (χ0v) is 16.3. The molecule has 0 aliphatic heterocycles. The maximum atomic E-state index is 12.0. The van der Waals surface area contributed by atoms with E-state index in [1.54, 1.807) is 32.6 Å². The molecule has 0 aliphatic carbocycles. The lowest BCUT2D eigenvalue weighted by molar-refractivity contribution is 0.173. The zero-order chi connectivity index (χ0) is 20.6. The van der Waals surface area contributed by atoms with Gasteiger partial charge in [0.05, 0.1) is 26.6 Å². The van der Waals surface area contributed by atoms with Crippen molar-refractivity contribution < 1.29 is 23.8 Å². The first kappa shape index (κ1) is 20.3. The van der Waals surface area contributed by atoms with Crippen LogP contribution in [0.3, 0.4) is 0 Å². The number of furan rings is 1. The van der Waals surface area contributed by atoms with E-state index in [2.05, 4.69) is 10.6 Å². The largest absolute Gasteiger partial charge is 0.493 e. The minimum absolute atomic E-state index is 0.0951. The second-order valence-electron chi connectivity index (χ2n) is 6.37. The molecule has 0 spiro atoms. The van der Waals surface area contributed by atoms with E-state index in [9.17, 15) is 9.90 Å². The maximum Gasteiger partial charge on any atom is 0.315 e. The molecule has 3 rings (SSSR count). The van der Waals surface area contributed by atoms with Crippen LogP contribution in [0.5, 0.6) is 11.5 Å². The number of rotatable bonds is 8. The van der Waals surface area contributed by atoms with Gasteiger partial charge in [-0.1, -0.05) is 30.3 Å². The Labute approximate surface area is 169 Å². The Kier molecular flexibility index (Phi) is 6.76. The van der Waals surface area contributed by atoms with E-state index in [1.807, 2.05) is 42.5 Å². The summed E-state index contributed by atoms with van der Waals surface area (Å²) in [6.07, 6.45) is 0.801. The number of nitrogens with one attached hydrogen (secondary N) is 2. The highest BCUT2D eigenvalue weighted by atomic mass is 16.5. The first-order valence-electron chi connectivity index (χ1n) is 9.15. The van der Waals surface area contributed by atoms with Gasteiger partial charge in [-0.15, -0.1) is 0 Å². The Morgan fingerprint density at radius 3 is 2.45 bits per heavy atom. The second kappa shape index (κ2) is 9.66. The first-order chi connectivity index (χ1) is 14.1. The molecule has 2 aromatic carbocycles. The Bertz CT molecular complexity index is 923. The summed E-state index contributed by atoms with van der Waals surface area (Å²) in [5.41, 5.74) is 2.50. The molecule has 0 aliphatic rings. The van der Waals surface area contributed by atoms with Crippen molar-refractivity contribution >= 4 is 6.03 Å². The summed E-state index contributed by atoms with van der Waals surface area (Å²) in [6.45, 7) is 0.415. The second-order valence-corrected chi connectivity index (χ2v) is 6.37. The molecule has 152 valence electrons. The molecule has 0 fully saturated rings. The fraction of sp³-hybridized carbons (Fsp3) is 0.227. The summed E-state index contributed by atoms with van der Waals surface area (Å²) in [5, 5.41) is 15.7. The molecule has 29 heavy (non-hydrogen) atoms. The van der Waals surface area contributed by atoms with Gasteiger partial charge in [-0.2, -0.15) is 0 Å². The van der Waals surface area contributed by atoms with Crippen molar-refractivity contribution in [2.45, 2.75) is 12.6 Å². The van der Waals surface area contributed by atoms with Crippen LogP contribution < -0.4 is 20.1 Å². The number of ether oxygens (including phenoxy) is 2. The quantitative estimate of drug-likeness (QED) is 0.542. The Hall–Kier alpha value is -3.45. The third kappa shape index (κ3) is 5.30. The maximum absolute atomic E-state index is 12.0. The lowest BCUT2D eigenvalue weighted by Gasteiger charge is -2.14. The molecule has 3 aromatic rings. The van der Waals surface area contributed by atoms with Crippen LogP contribution in [0.15, 0.2) is 65.3 Å². The third-order valence-electron chi connectivity index (χ3n) is 4.46. The number of aliphatic hydroxyl groups is 1. The predicted molar refractivity (Wildman–Crippen MR) is 109 cm³/mol. The number of hydrogen-bond acceptors (Lipinski definition) is 5. The van der Waals surface area contributed by atoms with E-state index in [-0.39, 0.29) is 12.6 Å². The Morgan fingerprint density at radius 1 is 1.03 bits per heavy atom. The van der Waals surface area contributed by atoms with Crippen molar-refractivity contribution in [2.75, 3.05) is 20.8 Å². The number of amides is 2. The van der Waals surface area contributed by atoms with E-state index in [0.717, 1.165) is 16.9 Å². The molecule has 7 heteroatoms. The van der Waals surface area contributed by atoms with Crippen molar-refractivity contribution in [1.82, 2.24) is 10.6 Å². The van der Waals surface area contributed by atoms with Crippen molar-refractivity contribution in [3.05, 3.63) is 72.0 Å². The molecular weight excluding hydrogens is 372 g/mol. The van der Waals surface area contributed by atoms with E-state index in [4.69, 9.17) is 13.9 Å². The number of aliphatic hydroxyl groups excluding tert-OH is 1. The fourth-order valence-corrected chi connectivity index (χ4v) is 2.86. The van der Waals surface area contributed by atoms with Crippen LogP contribution in [0.1, 0.15) is 17.2 Å². The molecule has 1 atom stereocenters. The van der Waals surface area contributed by atoms with E-state index >= 15 is 0 Å².